The summed E-state index contributed by atoms with van der Waals surface area (Å²) in [5.41, 5.74) is 2.87. The highest BCUT2D eigenvalue weighted by molar-refractivity contribution is 9.10. The third kappa shape index (κ3) is 6.46. The molecule has 0 heterocycles. The fourth-order valence-electron chi connectivity index (χ4n) is 3.29. The molecule has 0 unspecified atom stereocenters. The highest BCUT2D eigenvalue weighted by Crippen LogP contribution is 2.38. The van der Waals surface area contributed by atoms with Crippen LogP contribution in [0.3, 0.4) is 0 Å². The van der Waals surface area contributed by atoms with Crippen LogP contribution in [0.5, 0.6) is 11.5 Å². The van der Waals surface area contributed by atoms with E-state index in [0.717, 1.165) is 17.5 Å². The van der Waals surface area contributed by atoms with Crippen molar-refractivity contribution in [2.45, 2.75) is 20.0 Å². The Labute approximate surface area is 211 Å². The molecule has 0 atom stereocenters. The molecule has 0 fully saturated rings. The van der Waals surface area contributed by atoms with Crippen molar-refractivity contribution in [1.29, 1.82) is 5.26 Å². The van der Waals surface area contributed by atoms with Crippen molar-refractivity contribution in [2.75, 3.05) is 12.4 Å². The zero-order chi connectivity index (χ0) is 25.4. The Bertz CT molecular complexity index is 1310. The van der Waals surface area contributed by atoms with E-state index < -0.39 is 10.8 Å². The molecule has 0 aliphatic heterocycles. The van der Waals surface area contributed by atoms with Crippen molar-refractivity contribution in [3.63, 3.8) is 0 Å². The minimum atomic E-state index is -0.512. The summed E-state index contributed by atoms with van der Waals surface area (Å²) in [5.74, 6) is 0.298. The number of nitro benzene ring substituents is 1. The van der Waals surface area contributed by atoms with E-state index in [2.05, 4.69) is 21.2 Å². The smallest absolute Gasteiger partial charge is 0.269 e. The number of nitriles is 1. The predicted octanol–water partition coefficient (Wildman–Crippen LogP) is 6.05. The number of rotatable bonds is 9. The molecule has 3 aromatic rings. The maximum Gasteiger partial charge on any atom is 0.269 e. The SMILES string of the molecule is CCc1ccccc1NC(=O)/C(C#N)=C/c1cc(Br)c(OCc2ccc([N+](=O)[O-])cc2)c(OC)c1. The summed E-state index contributed by atoms with van der Waals surface area (Å²) >= 11 is 3.46. The quantitative estimate of drug-likeness (QED) is 0.154. The van der Waals surface area contributed by atoms with Gasteiger partial charge in [0.25, 0.3) is 11.6 Å². The fourth-order valence-corrected chi connectivity index (χ4v) is 3.86. The first-order chi connectivity index (χ1) is 16.9. The summed E-state index contributed by atoms with van der Waals surface area (Å²) < 4.78 is 11.9. The van der Waals surface area contributed by atoms with Gasteiger partial charge in [0.1, 0.15) is 18.2 Å². The highest BCUT2D eigenvalue weighted by atomic mass is 79.9. The number of aryl methyl sites for hydroxylation is 1. The molecular weight excluding hydrogens is 514 g/mol. The molecule has 0 bridgehead atoms. The Morgan fingerprint density at radius 1 is 1.20 bits per heavy atom. The number of nitrogens with zero attached hydrogens (tertiary/aromatic N) is 2. The molecule has 9 heteroatoms. The topological polar surface area (TPSA) is 114 Å². The molecule has 0 spiro atoms. The van der Waals surface area contributed by atoms with Gasteiger partial charge < -0.3 is 14.8 Å². The van der Waals surface area contributed by atoms with Crippen molar-refractivity contribution in [3.05, 3.63) is 97.5 Å². The number of non-ortho nitro benzene ring substituents is 1. The predicted molar refractivity (Wildman–Crippen MR) is 136 cm³/mol. The summed E-state index contributed by atoms with van der Waals surface area (Å²) in [6.45, 7) is 2.14. The summed E-state index contributed by atoms with van der Waals surface area (Å²) in [7, 11) is 1.48. The summed E-state index contributed by atoms with van der Waals surface area (Å²) in [6, 6.07) is 18.8. The second-order valence-corrected chi connectivity index (χ2v) is 8.24. The molecular formula is C26H22BrN3O5. The number of anilines is 1. The van der Waals surface area contributed by atoms with E-state index in [0.29, 0.717) is 27.2 Å². The minimum absolute atomic E-state index is 0.000771. The van der Waals surface area contributed by atoms with Gasteiger partial charge in [0.05, 0.1) is 16.5 Å². The van der Waals surface area contributed by atoms with E-state index in [-0.39, 0.29) is 17.9 Å². The van der Waals surface area contributed by atoms with Crippen LogP contribution in [0.4, 0.5) is 11.4 Å². The van der Waals surface area contributed by atoms with Crippen LogP contribution in [0.25, 0.3) is 6.08 Å². The second-order valence-electron chi connectivity index (χ2n) is 7.38. The van der Waals surface area contributed by atoms with E-state index in [9.17, 15) is 20.2 Å². The van der Waals surface area contributed by atoms with Crippen LogP contribution in [0.15, 0.2) is 70.7 Å². The number of nitro groups is 1. The fraction of sp³-hybridized carbons (Fsp3) is 0.154. The molecule has 0 aromatic heterocycles. The molecule has 3 rings (SSSR count). The second kappa shape index (κ2) is 11.8. The van der Waals surface area contributed by atoms with Gasteiger partial charge in [0.2, 0.25) is 0 Å². The Morgan fingerprint density at radius 2 is 1.91 bits per heavy atom. The number of methoxy groups -OCH3 is 1. The molecule has 0 aliphatic carbocycles. The van der Waals surface area contributed by atoms with Crippen LogP contribution in [0.1, 0.15) is 23.6 Å². The van der Waals surface area contributed by atoms with Crippen LogP contribution >= 0.6 is 15.9 Å². The minimum Gasteiger partial charge on any atom is -0.493 e. The van der Waals surface area contributed by atoms with Crippen LogP contribution in [0.2, 0.25) is 0 Å². The third-order valence-electron chi connectivity index (χ3n) is 5.10. The van der Waals surface area contributed by atoms with Crippen LogP contribution in [0, 0.1) is 21.4 Å². The van der Waals surface area contributed by atoms with Gasteiger partial charge in [-0.2, -0.15) is 5.26 Å². The lowest BCUT2D eigenvalue weighted by atomic mass is 10.1. The number of carbonyl (C=O) groups is 1. The number of para-hydroxylation sites is 1. The molecule has 0 saturated carbocycles. The van der Waals surface area contributed by atoms with E-state index in [1.165, 1.54) is 25.3 Å². The van der Waals surface area contributed by atoms with Crippen molar-refractivity contribution < 1.29 is 19.2 Å². The summed E-state index contributed by atoms with van der Waals surface area (Å²) in [5, 5.41) is 23.2. The molecule has 1 N–H and O–H groups in total. The summed E-state index contributed by atoms with van der Waals surface area (Å²) in [4.78, 5) is 23.1. The number of nitrogens with one attached hydrogen (secondary N) is 1. The van der Waals surface area contributed by atoms with Gasteiger partial charge in [-0.25, -0.2) is 0 Å². The number of carbonyl (C=O) groups excluding carboxylic acids is 1. The third-order valence-corrected chi connectivity index (χ3v) is 5.69. The number of hydrogen-bond acceptors (Lipinski definition) is 6. The van der Waals surface area contributed by atoms with Crippen molar-refractivity contribution in [1.82, 2.24) is 0 Å². The zero-order valence-corrected chi connectivity index (χ0v) is 20.7. The van der Waals surface area contributed by atoms with E-state index in [1.807, 2.05) is 31.2 Å². The van der Waals surface area contributed by atoms with Gasteiger partial charge in [0.15, 0.2) is 11.5 Å². The molecule has 8 nitrogen and oxygen atoms in total. The molecule has 3 aromatic carbocycles. The van der Waals surface area contributed by atoms with E-state index in [4.69, 9.17) is 9.47 Å². The first kappa shape index (κ1) is 25.5. The largest absolute Gasteiger partial charge is 0.493 e. The first-order valence-corrected chi connectivity index (χ1v) is 11.4. The van der Waals surface area contributed by atoms with Gasteiger partial charge in [-0.1, -0.05) is 25.1 Å². The molecule has 35 heavy (non-hydrogen) atoms. The maximum absolute atomic E-state index is 12.7. The molecule has 178 valence electrons. The van der Waals surface area contributed by atoms with Crippen molar-refractivity contribution in [3.8, 4) is 17.6 Å². The number of benzene rings is 3. The standard InChI is InChI=1S/C26H22BrN3O5/c1-3-19-6-4-5-7-23(19)29-26(31)20(15-28)12-18-13-22(27)25(24(14-18)34-2)35-16-17-8-10-21(11-9-17)30(32)33/h4-14H,3,16H2,1-2H3,(H,29,31)/b20-12+. The van der Waals surface area contributed by atoms with E-state index in [1.54, 1.807) is 30.3 Å². The van der Waals surface area contributed by atoms with Gasteiger partial charge in [0, 0.05) is 17.8 Å². The molecule has 0 saturated heterocycles. The summed E-state index contributed by atoms with van der Waals surface area (Å²) in [6.07, 6.45) is 2.21. The van der Waals surface area contributed by atoms with Gasteiger partial charge >= 0.3 is 0 Å². The first-order valence-electron chi connectivity index (χ1n) is 10.6. The van der Waals surface area contributed by atoms with Crippen molar-refractivity contribution in [2.24, 2.45) is 0 Å². The molecule has 0 radical (unpaired) electrons. The maximum atomic E-state index is 12.7. The molecule has 1 amide bonds. The van der Waals surface area contributed by atoms with Gasteiger partial charge in [-0.05, 0) is 75.4 Å². The normalized spacial score (nSPS) is 10.9. The lowest BCUT2D eigenvalue weighted by molar-refractivity contribution is -0.384. The van der Waals surface area contributed by atoms with Gasteiger partial charge in [-0.3, -0.25) is 14.9 Å². The van der Waals surface area contributed by atoms with Crippen molar-refractivity contribution >= 4 is 39.3 Å². The Hall–Kier alpha value is -4.16. The number of hydrogen-bond donors (Lipinski definition) is 1. The van der Waals surface area contributed by atoms with Crippen LogP contribution in [-0.2, 0) is 17.8 Å². The Balaban J connectivity index is 1.80. The van der Waals surface area contributed by atoms with Gasteiger partial charge in [-0.15, -0.1) is 0 Å². The Kier molecular flexibility index (Phi) is 8.59. The van der Waals surface area contributed by atoms with Crippen LogP contribution < -0.4 is 14.8 Å². The Morgan fingerprint density at radius 3 is 2.54 bits per heavy atom. The highest BCUT2D eigenvalue weighted by Gasteiger charge is 2.15. The average Bonchev–Trinajstić information content (AvgIpc) is 2.86. The number of amides is 1. The monoisotopic (exact) mass is 535 g/mol. The van der Waals surface area contributed by atoms with E-state index >= 15 is 0 Å². The molecule has 0 aliphatic rings. The number of halogens is 1. The van der Waals surface area contributed by atoms with Crippen LogP contribution in [-0.4, -0.2) is 17.9 Å². The lowest BCUT2D eigenvalue weighted by Crippen LogP contribution is -2.14. The number of ether oxygens (including phenoxy) is 2. The average molecular weight is 536 g/mol. The lowest BCUT2D eigenvalue weighted by Gasteiger charge is -2.14. The zero-order valence-electron chi connectivity index (χ0n) is 19.1.